The molecule has 14 heavy (non-hydrogen) atoms. The predicted octanol–water partition coefficient (Wildman–Crippen LogP) is 4.15. The Kier molecular flexibility index (Phi) is 3.84. The lowest BCUT2D eigenvalue weighted by molar-refractivity contribution is 0.630. The van der Waals surface area contributed by atoms with E-state index >= 15 is 0 Å². The van der Waals surface area contributed by atoms with Crippen molar-refractivity contribution in [3.63, 3.8) is 0 Å². The van der Waals surface area contributed by atoms with Gasteiger partial charge in [-0.1, -0.05) is 23.2 Å². The van der Waals surface area contributed by atoms with Gasteiger partial charge in [0.25, 0.3) is 0 Å². The first-order valence-corrected chi connectivity index (χ1v) is 4.60. The van der Waals surface area contributed by atoms with Crippen LogP contribution in [0.3, 0.4) is 0 Å². The molecule has 0 N–H and O–H groups in total. The van der Waals surface area contributed by atoms with Gasteiger partial charge in [-0.2, -0.15) is 0 Å². The summed E-state index contributed by atoms with van der Waals surface area (Å²) in [6.45, 7) is 3.88. The molecule has 1 aromatic carbocycles. The minimum Gasteiger partial charge on any atom is -0.252 e. The lowest BCUT2D eigenvalue weighted by Crippen LogP contribution is -1.77. The van der Waals surface area contributed by atoms with Crippen molar-refractivity contribution >= 4 is 23.5 Å². The number of rotatable bonds is 2. The molecule has 0 heterocycles. The Morgan fingerprint density at radius 1 is 1.43 bits per heavy atom. The summed E-state index contributed by atoms with van der Waals surface area (Å²) in [6.07, 6.45) is 3.34. The van der Waals surface area contributed by atoms with Gasteiger partial charge in [0.2, 0.25) is 0 Å². The smallest absolute Gasteiger partial charge is 0.150 e. The summed E-state index contributed by atoms with van der Waals surface area (Å²) in [5.74, 6) is -0.407. The summed E-state index contributed by atoms with van der Waals surface area (Å²) in [7, 11) is 0. The normalized spacial score (nSPS) is 10.6. The Hall–Kier alpha value is -1.15. The second-order valence-electron chi connectivity index (χ2n) is 3.09. The number of nitrogens with zero attached hydrogens (tertiary/aromatic N) is 1. The fourth-order valence-corrected chi connectivity index (χ4v) is 1.09. The van der Waals surface area contributed by atoms with Crippen molar-refractivity contribution < 1.29 is 4.39 Å². The first-order chi connectivity index (χ1) is 6.61. The zero-order valence-electron chi connectivity index (χ0n) is 8.09. The second kappa shape index (κ2) is 4.91. The molecule has 0 aliphatic rings. The number of allylic oxidation sites excluding steroid dienone is 2. The molecule has 0 amide bonds. The molecular weight excluding hydrogens is 201 g/mol. The first-order valence-electron chi connectivity index (χ1n) is 4.23. The SMILES string of the molecule is CC(C)=C/C=N/c1c(F)cccc1Cl. The molecule has 0 unspecified atom stereocenters. The number of halogens is 2. The predicted molar refractivity (Wildman–Crippen MR) is 59.0 cm³/mol. The topological polar surface area (TPSA) is 12.4 Å². The lowest BCUT2D eigenvalue weighted by atomic mass is 10.3. The summed E-state index contributed by atoms with van der Waals surface area (Å²) in [5, 5.41) is 0.323. The van der Waals surface area contributed by atoms with E-state index in [1.165, 1.54) is 6.07 Å². The van der Waals surface area contributed by atoms with E-state index in [2.05, 4.69) is 4.99 Å². The molecule has 0 atom stereocenters. The third-order valence-electron chi connectivity index (χ3n) is 1.55. The lowest BCUT2D eigenvalue weighted by Gasteiger charge is -1.97. The Labute approximate surface area is 87.9 Å². The number of hydrogen-bond donors (Lipinski definition) is 0. The van der Waals surface area contributed by atoms with Crippen LogP contribution < -0.4 is 0 Å². The zero-order chi connectivity index (χ0) is 10.6. The van der Waals surface area contributed by atoms with Gasteiger partial charge >= 0.3 is 0 Å². The van der Waals surface area contributed by atoms with Crippen LogP contribution in [0.1, 0.15) is 13.8 Å². The van der Waals surface area contributed by atoms with Crippen LogP contribution in [-0.2, 0) is 0 Å². The first kappa shape index (κ1) is 10.9. The highest BCUT2D eigenvalue weighted by Gasteiger charge is 2.02. The van der Waals surface area contributed by atoms with E-state index in [1.54, 1.807) is 24.4 Å². The monoisotopic (exact) mass is 211 g/mol. The van der Waals surface area contributed by atoms with Gasteiger partial charge < -0.3 is 0 Å². The molecule has 0 bridgehead atoms. The molecule has 0 saturated carbocycles. The maximum absolute atomic E-state index is 13.2. The van der Waals surface area contributed by atoms with E-state index in [4.69, 9.17) is 11.6 Å². The van der Waals surface area contributed by atoms with Crippen LogP contribution >= 0.6 is 11.6 Å². The molecule has 1 rings (SSSR count). The average Bonchev–Trinajstić information content (AvgIpc) is 2.09. The van der Waals surface area contributed by atoms with E-state index in [-0.39, 0.29) is 5.69 Å². The highest BCUT2D eigenvalue weighted by molar-refractivity contribution is 6.33. The van der Waals surface area contributed by atoms with Gasteiger partial charge in [-0.3, -0.25) is 4.99 Å². The minimum atomic E-state index is -0.407. The van der Waals surface area contributed by atoms with Crippen molar-refractivity contribution in [3.8, 4) is 0 Å². The van der Waals surface area contributed by atoms with Crippen LogP contribution in [0.5, 0.6) is 0 Å². The van der Waals surface area contributed by atoms with E-state index in [9.17, 15) is 4.39 Å². The zero-order valence-corrected chi connectivity index (χ0v) is 8.85. The van der Waals surface area contributed by atoms with Crippen LogP contribution in [-0.4, -0.2) is 6.21 Å². The molecule has 0 aliphatic carbocycles. The van der Waals surface area contributed by atoms with Crippen molar-refractivity contribution in [2.75, 3.05) is 0 Å². The number of hydrogen-bond acceptors (Lipinski definition) is 1. The van der Waals surface area contributed by atoms with Crippen LogP contribution in [0.2, 0.25) is 5.02 Å². The summed E-state index contributed by atoms with van der Waals surface area (Å²) in [4.78, 5) is 3.94. The number of aliphatic imine (C=N–C) groups is 1. The largest absolute Gasteiger partial charge is 0.252 e. The van der Waals surface area contributed by atoms with Gasteiger partial charge in [0.15, 0.2) is 0 Å². The fourth-order valence-electron chi connectivity index (χ4n) is 0.873. The molecule has 0 radical (unpaired) electrons. The molecular formula is C11H11ClFN. The van der Waals surface area contributed by atoms with Gasteiger partial charge in [0.05, 0.1) is 5.02 Å². The molecule has 1 aromatic rings. The van der Waals surface area contributed by atoms with Gasteiger partial charge in [-0.25, -0.2) is 4.39 Å². The van der Waals surface area contributed by atoms with Crippen molar-refractivity contribution in [2.45, 2.75) is 13.8 Å². The van der Waals surface area contributed by atoms with Crippen LogP contribution in [0, 0.1) is 5.82 Å². The van der Waals surface area contributed by atoms with E-state index < -0.39 is 5.82 Å². The Bertz CT molecular complexity index is 359. The Balaban J connectivity index is 2.97. The standard InChI is InChI=1S/C11H11ClFN/c1-8(2)6-7-14-11-9(12)4-3-5-10(11)13/h3-7H,1-2H3/b14-7+. The third-order valence-corrected chi connectivity index (χ3v) is 1.85. The van der Waals surface area contributed by atoms with E-state index in [0.29, 0.717) is 5.02 Å². The summed E-state index contributed by atoms with van der Waals surface area (Å²) >= 11 is 5.77. The van der Waals surface area contributed by atoms with Crippen LogP contribution in [0.4, 0.5) is 10.1 Å². The molecule has 0 aliphatic heterocycles. The highest BCUT2D eigenvalue weighted by Crippen LogP contribution is 2.27. The summed E-state index contributed by atoms with van der Waals surface area (Å²) in [6, 6.07) is 4.50. The van der Waals surface area contributed by atoms with E-state index in [0.717, 1.165) is 5.57 Å². The Morgan fingerprint density at radius 2 is 2.14 bits per heavy atom. The quantitative estimate of drug-likeness (QED) is 0.652. The van der Waals surface area contributed by atoms with Gasteiger partial charge in [0.1, 0.15) is 11.5 Å². The van der Waals surface area contributed by atoms with Gasteiger partial charge in [0, 0.05) is 6.21 Å². The fraction of sp³-hybridized carbons (Fsp3) is 0.182. The molecule has 0 fully saturated rings. The molecule has 0 spiro atoms. The van der Waals surface area contributed by atoms with Gasteiger partial charge in [-0.05, 0) is 32.1 Å². The molecule has 74 valence electrons. The molecule has 3 heteroatoms. The van der Waals surface area contributed by atoms with Gasteiger partial charge in [-0.15, -0.1) is 0 Å². The van der Waals surface area contributed by atoms with Crippen molar-refractivity contribution in [1.29, 1.82) is 0 Å². The third kappa shape index (κ3) is 2.96. The molecule has 1 nitrogen and oxygen atoms in total. The number of benzene rings is 1. The number of para-hydroxylation sites is 1. The average molecular weight is 212 g/mol. The molecule has 0 aromatic heterocycles. The Morgan fingerprint density at radius 3 is 2.71 bits per heavy atom. The summed E-state index contributed by atoms with van der Waals surface area (Å²) < 4.78 is 13.2. The van der Waals surface area contributed by atoms with Crippen LogP contribution in [0.25, 0.3) is 0 Å². The van der Waals surface area contributed by atoms with E-state index in [1.807, 2.05) is 13.8 Å². The minimum absolute atomic E-state index is 0.187. The maximum atomic E-state index is 13.2. The summed E-state index contributed by atoms with van der Waals surface area (Å²) in [5.41, 5.74) is 1.29. The van der Waals surface area contributed by atoms with Crippen molar-refractivity contribution in [1.82, 2.24) is 0 Å². The maximum Gasteiger partial charge on any atom is 0.150 e. The van der Waals surface area contributed by atoms with Crippen LogP contribution in [0.15, 0.2) is 34.8 Å². The van der Waals surface area contributed by atoms with Crippen molar-refractivity contribution in [3.05, 3.63) is 40.7 Å². The molecule has 0 saturated heterocycles. The highest BCUT2D eigenvalue weighted by atomic mass is 35.5. The van der Waals surface area contributed by atoms with Crippen molar-refractivity contribution in [2.24, 2.45) is 4.99 Å². The second-order valence-corrected chi connectivity index (χ2v) is 3.50.